The van der Waals surface area contributed by atoms with Crippen molar-refractivity contribution in [3.63, 3.8) is 0 Å². The fourth-order valence-electron chi connectivity index (χ4n) is 1.81. The van der Waals surface area contributed by atoms with E-state index in [9.17, 15) is 0 Å². The van der Waals surface area contributed by atoms with E-state index in [1.165, 1.54) is 22.7 Å². The Morgan fingerprint density at radius 3 is 2.79 bits per heavy atom. The molecule has 3 nitrogen and oxygen atoms in total. The highest BCUT2D eigenvalue weighted by Gasteiger charge is 2.21. The average molecular weight is 211 g/mol. The van der Waals surface area contributed by atoms with Crippen LogP contribution in [0.3, 0.4) is 0 Å². The van der Waals surface area contributed by atoms with Crippen LogP contribution < -0.4 is 5.32 Å². The van der Waals surface area contributed by atoms with Crippen molar-refractivity contribution >= 4 is 11.8 Å². The Kier molecular flexibility index (Phi) is 2.83. The first-order valence-corrected chi connectivity index (χ1v) is 6.17. The summed E-state index contributed by atoms with van der Waals surface area (Å²) in [6, 6.07) is 0.452. The highest BCUT2D eigenvalue weighted by Crippen LogP contribution is 2.24. The zero-order valence-electron chi connectivity index (χ0n) is 9.00. The average Bonchev–Trinajstić information content (AvgIpc) is 2.47. The molecule has 2 heterocycles. The number of rotatable bonds is 1. The molecule has 0 aromatic carbocycles. The second-order valence-corrected chi connectivity index (χ2v) is 4.95. The Bertz CT molecular complexity index is 326. The molecule has 1 fully saturated rings. The topological polar surface area (TPSA) is 29.9 Å². The van der Waals surface area contributed by atoms with Gasteiger partial charge in [0.1, 0.15) is 0 Å². The van der Waals surface area contributed by atoms with E-state index >= 15 is 0 Å². The highest BCUT2D eigenvalue weighted by molar-refractivity contribution is 7.99. The van der Waals surface area contributed by atoms with Crippen LogP contribution in [0.5, 0.6) is 0 Å². The summed E-state index contributed by atoms with van der Waals surface area (Å²) in [5.74, 6) is 2.37. The molecular weight excluding hydrogens is 194 g/mol. The number of hydrogen-bond acceptors (Lipinski definition) is 3. The monoisotopic (exact) mass is 211 g/mol. The molecule has 1 N–H and O–H groups in total. The van der Waals surface area contributed by atoms with E-state index in [0.29, 0.717) is 6.04 Å². The fraction of sp³-hybridized carbons (Fsp3) is 0.700. The summed E-state index contributed by atoms with van der Waals surface area (Å²) >= 11 is 2.01. The first kappa shape index (κ1) is 10.1. The lowest BCUT2D eigenvalue weighted by atomic mass is 10.1. The van der Waals surface area contributed by atoms with Gasteiger partial charge in [0.25, 0.3) is 0 Å². The molecule has 4 heteroatoms. The highest BCUT2D eigenvalue weighted by atomic mass is 32.2. The zero-order valence-corrected chi connectivity index (χ0v) is 9.82. The van der Waals surface area contributed by atoms with Crippen LogP contribution in [0.2, 0.25) is 0 Å². The van der Waals surface area contributed by atoms with Gasteiger partial charge in [0.15, 0.2) is 0 Å². The van der Waals surface area contributed by atoms with E-state index in [1.807, 2.05) is 23.5 Å². The van der Waals surface area contributed by atoms with E-state index in [2.05, 4.69) is 24.3 Å². The molecule has 1 saturated heterocycles. The molecule has 0 saturated carbocycles. The summed E-state index contributed by atoms with van der Waals surface area (Å²) in [5, 5.41) is 8.09. The van der Waals surface area contributed by atoms with Gasteiger partial charge in [-0.15, -0.1) is 0 Å². The Hall–Kier alpha value is -0.480. The lowest BCUT2D eigenvalue weighted by Crippen LogP contribution is -2.31. The maximum absolute atomic E-state index is 4.57. The van der Waals surface area contributed by atoms with Gasteiger partial charge in [0, 0.05) is 30.8 Å². The Morgan fingerprint density at radius 1 is 1.50 bits per heavy atom. The lowest BCUT2D eigenvalue weighted by molar-refractivity contribution is 0.566. The van der Waals surface area contributed by atoms with Gasteiger partial charge in [-0.1, -0.05) is 0 Å². The summed E-state index contributed by atoms with van der Waals surface area (Å²) in [7, 11) is 2.02. The zero-order chi connectivity index (χ0) is 10.1. The molecule has 2 rings (SSSR count). The second-order valence-electron chi connectivity index (χ2n) is 3.80. The summed E-state index contributed by atoms with van der Waals surface area (Å²) < 4.78 is 1.98. The van der Waals surface area contributed by atoms with E-state index in [-0.39, 0.29) is 0 Å². The minimum Gasteiger partial charge on any atom is -0.307 e. The molecule has 1 aliphatic heterocycles. The molecule has 1 unspecified atom stereocenters. The molecule has 0 aliphatic carbocycles. The molecular formula is C10H17N3S. The summed E-state index contributed by atoms with van der Waals surface area (Å²) in [6.45, 7) is 5.39. The number of nitrogens with one attached hydrogen (secondary N) is 1. The van der Waals surface area contributed by atoms with Gasteiger partial charge >= 0.3 is 0 Å². The molecule has 1 aromatic rings. The molecule has 0 spiro atoms. The molecule has 0 bridgehead atoms. The quantitative estimate of drug-likeness (QED) is 0.762. The number of aromatic nitrogens is 2. The van der Waals surface area contributed by atoms with Crippen molar-refractivity contribution in [3.8, 4) is 0 Å². The molecule has 0 radical (unpaired) electrons. The lowest BCUT2D eigenvalue weighted by Gasteiger charge is -2.22. The smallest absolute Gasteiger partial charge is 0.0834 e. The van der Waals surface area contributed by atoms with Crippen molar-refractivity contribution in [2.75, 3.05) is 18.1 Å². The number of hydrogen-bond donors (Lipinski definition) is 1. The van der Waals surface area contributed by atoms with Crippen LogP contribution in [-0.4, -0.2) is 27.8 Å². The van der Waals surface area contributed by atoms with Crippen LogP contribution in [-0.2, 0) is 7.05 Å². The van der Waals surface area contributed by atoms with E-state index < -0.39 is 0 Å². The van der Waals surface area contributed by atoms with Crippen molar-refractivity contribution in [2.24, 2.45) is 7.05 Å². The van der Waals surface area contributed by atoms with Crippen LogP contribution in [0.4, 0.5) is 0 Å². The van der Waals surface area contributed by atoms with Crippen LogP contribution in [0.1, 0.15) is 23.0 Å². The van der Waals surface area contributed by atoms with Crippen molar-refractivity contribution in [1.82, 2.24) is 15.1 Å². The van der Waals surface area contributed by atoms with E-state index in [4.69, 9.17) is 0 Å². The summed E-state index contributed by atoms with van der Waals surface area (Å²) in [6.07, 6.45) is 0. The van der Waals surface area contributed by atoms with E-state index in [0.717, 1.165) is 12.3 Å². The van der Waals surface area contributed by atoms with Gasteiger partial charge in [0.05, 0.1) is 11.7 Å². The third kappa shape index (κ3) is 1.68. The molecule has 1 aromatic heterocycles. The van der Waals surface area contributed by atoms with Gasteiger partial charge in [-0.25, -0.2) is 0 Å². The van der Waals surface area contributed by atoms with Gasteiger partial charge in [-0.2, -0.15) is 16.9 Å². The molecule has 0 amide bonds. The van der Waals surface area contributed by atoms with Crippen LogP contribution >= 0.6 is 11.8 Å². The SMILES string of the molecule is Cc1c(C2CSCCN2)nn(C)c1C. The largest absolute Gasteiger partial charge is 0.307 e. The Morgan fingerprint density at radius 2 is 2.29 bits per heavy atom. The molecule has 1 aliphatic rings. The van der Waals surface area contributed by atoms with Gasteiger partial charge in [-0.3, -0.25) is 4.68 Å². The molecule has 1 atom stereocenters. The second kappa shape index (κ2) is 3.95. The Balaban J connectivity index is 2.26. The first-order valence-electron chi connectivity index (χ1n) is 5.01. The maximum Gasteiger partial charge on any atom is 0.0834 e. The minimum absolute atomic E-state index is 0.452. The van der Waals surface area contributed by atoms with Crippen molar-refractivity contribution in [1.29, 1.82) is 0 Å². The third-order valence-corrected chi connectivity index (χ3v) is 3.98. The van der Waals surface area contributed by atoms with Crippen LogP contribution in [0.25, 0.3) is 0 Å². The fourth-order valence-corrected chi connectivity index (χ4v) is 2.75. The predicted octanol–water partition coefficient (Wildman–Crippen LogP) is 1.41. The molecule has 78 valence electrons. The maximum atomic E-state index is 4.57. The summed E-state index contributed by atoms with van der Waals surface area (Å²) in [5.41, 5.74) is 3.85. The van der Waals surface area contributed by atoms with Gasteiger partial charge in [0.2, 0.25) is 0 Å². The standard InChI is InChI=1S/C10H17N3S/c1-7-8(2)13(3)12-10(7)9-6-14-5-4-11-9/h9,11H,4-6H2,1-3H3. The third-order valence-electron chi connectivity index (χ3n) is 2.92. The summed E-state index contributed by atoms with van der Waals surface area (Å²) in [4.78, 5) is 0. The number of aryl methyl sites for hydroxylation is 1. The Labute approximate surface area is 89.3 Å². The van der Waals surface area contributed by atoms with Crippen molar-refractivity contribution in [2.45, 2.75) is 19.9 Å². The number of thioether (sulfide) groups is 1. The normalized spacial score (nSPS) is 22.6. The van der Waals surface area contributed by atoms with Crippen LogP contribution in [0.15, 0.2) is 0 Å². The first-order chi connectivity index (χ1) is 6.70. The van der Waals surface area contributed by atoms with Crippen molar-refractivity contribution in [3.05, 3.63) is 17.0 Å². The predicted molar refractivity (Wildman–Crippen MR) is 60.8 cm³/mol. The minimum atomic E-state index is 0.452. The van der Waals surface area contributed by atoms with Gasteiger partial charge in [-0.05, 0) is 19.4 Å². The number of nitrogens with zero attached hydrogens (tertiary/aromatic N) is 2. The van der Waals surface area contributed by atoms with Gasteiger partial charge < -0.3 is 5.32 Å². The van der Waals surface area contributed by atoms with Crippen LogP contribution in [0, 0.1) is 13.8 Å². The van der Waals surface area contributed by atoms with Crippen molar-refractivity contribution < 1.29 is 0 Å². The molecule has 14 heavy (non-hydrogen) atoms. The van der Waals surface area contributed by atoms with E-state index in [1.54, 1.807) is 0 Å².